The molecule has 2 aromatic carbocycles. The highest BCUT2D eigenvalue weighted by atomic mass is 32.2. The van der Waals surface area contributed by atoms with Gasteiger partial charge in [-0.1, -0.05) is 69.9 Å². The average molecular weight is 761 g/mol. The van der Waals surface area contributed by atoms with Gasteiger partial charge in [-0.3, -0.25) is 28.6 Å². The van der Waals surface area contributed by atoms with Gasteiger partial charge in [0, 0.05) is 12.2 Å². The summed E-state index contributed by atoms with van der Waals surface area (Å²) in [4.78, 5) is 57.3. The second-order valence-corrected chi connectivity index (χ2v) is 15.5. The van der Waals surface area contributed by atoms with Crippen LogP contribution < -0.4 is 20.3 Å². The number of ether oxygens (including phenoxy) is 1. The highest BCUT2D eigenvalue weighted by molar-refractivity contribution is 8.01. The summed E-state index contributed by atoms with van der Waals surface area (Å²) in [5.74, 6) is -2.65. The lowest BCUT2D eigenvalue weighted by atomic mass is 9.86. The lowest BCUT2D eigenvalue weighted by Crippen LogP contribution is -2.55. The molecule has 0 spiro atoms. The standard InChI is InChI=1S/C35H44N4O9S3/c1-4-6-17-35(18-7-5-2)34(44)39(24-11-9-8-10-12-24)30-27(50-38-35)21-26(32(49-3)31(30)42)48-22-28(41)37-29(23-13-15-25(40)16-14-23)33(43)36-19-20-51(45,46)47/h8-16,21,29,32,38,40H,4-7,17-20,22H2,1-3H3,(H,36,43)(H,37,41)(H,45,46,47)/t29-,32?/m1/s1. The van der Waals surface area contributed by atoms with E-state index in [1.54, 1.807) is 24.5 Å². The molecule has 51 heavy (non-hydrogen) atoms. The van der Waals surface area contributed by atoms with Crippen LogP contribution in [0.1, 0.15) is 64.0 Å². The van der Waals surface area contributed by atoms with E-state index < -0.39 is 57.7 Å². The number of benzene rings is 2. The Morgan fingerprint density at radius 1 is 1.06 bits per heavy atom. The summed E-state index contributed by atoms with van der Waals surface area (Å²) >= 11 is 2.40. The molecular formula is C35H44N4O9S3. The molecule has 2 atom stereocenters. The van der Waals surface area contributed by atoms with E-state index in [4.69, 9.17) is 9.29 Å². The van der Waals surface area contributed by atoms with Crippen LogP contribution in [-0.2, 0) is 34.0 Å². The number of carbonyl (C=O) groups is 4. The van der Waals surface area contributed by atoms with Crippen LogP contribution in [0.5, 0.6) is 5.75 Å². The molecule has 276 valence electrons. The van der Waals surface area contributed by atoms with Gasteiger partial charge >= 0.3 is 0 Å². The Morgan fingerprint density at radius 2 is 1.71 bits per heavy atom. The molecule has 0 fully saturated rings. The SMILES string of the molecule is CCCCC1(CCCC)NSC2=C(C(=O)C(SC)C(OCC(=O)N[C@@H](C(=O)NCCS(=O)(=O)O)c3ccc(O)cc3)=C2)N(c2ccccc2)C1=O. The van der Waals surface area contributed by atoms with Crippen molar-refractivity contribution in [1.29, 1.82) is 0 Å². The molecule has 1 heterocycles. The van der Waals surface area contributed by atoms with Gasteiger partial charge in [-0.15, -0.1) is 11.8 Å². The minimum atomic E-state index is -4.34. The maximum atomic E-state index is 14.6. The number of rotatable bonds is 17. The van der Waals surface area contributed by atoms with Gasteiger partial charge in [0.15, 0.2) is 6.61 Å². The molecule has 0 saturated carbocycles. The third-order valence-corrected chi connectivity index (χ3v) is 11.1. The number of hydrogen-bond donors (Lipinski definition) is 5. The van der Waals surface area contributed by atoms with Crippen molar-refractivity contribution < 1.29 is 42.0 Å². The van der Waals surface area contributed by atoms with Crippen LogP contribution in [0, 0.1) is 0 Å². The van der Waals surface area contributed by atoms with E-state index in [-0.39, 0.29) is 34.5 Å². The van der Waals surface area contributed by atoms with E-state index in [0.717, 1.165) is 25.7 Å². The van der Waals surface area contributed by atoms with Gasteiger partial charge in [0.1, 0.15) is 34.0 Å². The topological polar surface area (TPSA) is 191 Å². The molecule has 0 radical (unpaired) electrons. The van der Waals surface area contributed by atoms with E-state index in [9.17, 15) is 32.7 Å². The first kappa shape index (κ1) is 39.9. The number of allylic oxidation sites excluding steroid dienone is 2. The van der Waals surface area contributed by atoms with E-state index in [1.807, 2.05) is 18.2 Å². The number of aromatic hydroxyl groups is 1. The molecule has 3 amide bonds. The first-order valence-electron chi connectivity index (χ1n) is 16.6. The fourth-order valence-electron chi connectivity index (χ4n) is 5.74. The Labute approximate surface area is 306 Å². The molecule has 0 saturated heterocycles. The van der Waals surface area contributed by atoms with Crippen molar-refractivity contribution in [2.75, 3.05) is 30.1 Å². The van der Waals surface area contributed by atoms with Gasteiger partial charge in [0.05, 0.1) is 10.7 Å². The van der Waals surface area contributed by atoms with Crippen LogP contribution in [0.4, 0.5) is 5.69 Å². The summed E-state index contributed by atoms with van der Waals surface area (Å²) < 4.78 is 40.7. The highest BCUT2D eigenvalue weighted by Crippen LogP contribution is 2.43. The quantitative estimate of drug-likeness (QED) is 0.113. The zero-order valence-electron chi connectivity index (χ0n) is 28.7. The van der Waals surface area contributed by atoms with E-state index in [2.05, 4.69) is 29.2 Å². The first-order valence-corrected chi connectivity index (χ1v) is 20.4. The van der Waals surface area contributed by atoms with Crippen molar-refractivity contribution in [3.63, 3.8) is 0 Å². The van der Waals surface area contributed by atoms with Crippen LogP contribution in [0.3, 0.4) is 0 Å². The molecular weight excluding hydrogens is 717 g/mol. The third kappa shape index (κ3) is 10.2. The molecule has 13 nitrogen and oxygen atoms in total. The average Bonchev–Trinajstić information content (AvgIpc) is 3.22. The fraction of sp³-hybridized carbons (Fsp3) is 0.429. The third-order valence-electron chi connectivity index (χ3n) is 8.42. The lowest BCUT2D eigenvalue weighted by molar-refractivity contribution is -0.131. The van der Waals surface area contributed by atoms with Gasteiger partial charge in [-0.25, -0.2) is 4.72 Å². The summed E-state index contributed by atoms with van der Waals surface area (Å²) in [6.45, 7) is 3.14. The molecule has 5 N–H and O–H groups in total. The number of unbranched alkanes of at least 4 members (excludes halogenated alkanes) is 2. The minimum absolute atomic E-state index is 0.0732. The van der Waals surface area contributed by atoms with Crippen LogP contribution in [-0.4, -0.2) is 77.5 Å². The molecule has 0 aromatic heterocycles. The number of anilines is 1. The first-order chi connectivity index (χ1) is 24.3. The number of thioether (sulfide) groups is 1. The van der Waals surface area contributed by atoms with Crippen molar-refractivity contribution in [3.8, 4) is 5.75 Å². The molecule has 2 aliphatic rings. The fourth-order valence-corrected chi connectivity index (χ4v) is 7.86. The number of phenolic OH excluding ortho intramolecular Hbond substituents is 1. The van der Waals surface area contributed by atoms with E-state index >= 15 is 0 Å². The molecule has 1 aliphatic heterocycles. The Hall–Kier alpha value is -3.83. The van der Waals surface area contributed by atoms with Crippen LogP contribution in [0.15, 0.2) is 77.0 Å². The van der Waals surface area contributed by atoms with Gasteiger partial charge < -0.3 is 20.5 Å². The Morgan fingerprint density at radius 3 is 2.29 bits per heavy atom. The zero-order valence-corrected chi connectivity index (χ0v) is 31.2. The highest BCUT2D eigenvalue weighted by Gasteiger charge is 2.48. The zero-order chi connectivity index (χ0) is 37.2. The molecule has 4 rings (SSSR count). The Balaban J connectivity index is 1.63. The molecule has 16 heteroatoms. The van der Waals surface area contributed by atoms with E-state index in [1.165, 1.54) is 52.9 Å². The van der Waals surface area contributed by atoms with E-state index in [0.29, 0.717) is 23.4 Å². The van der Waals surface area contributed by atoms with Crippen LogP contribution >= 0.6 is 23.7 Å². The molecule has 1 unspecified atom stereocenters. The van der Waals surface area contributed by atoms with Crippen molar-refractivity contribution in [1.82, 2.24) is 15.4 Å². The number of Topliss-reactive ketones (excluding diaryl/α,β-unsaturated/α-hetero) is 1. The van der Waals surface area contributed by atoms with Crippen molar-refractivity contribution in [3.05, 3.63) is 82.6 Å². The summed E-state index contributed by atoms with van der Waals surface area (Å²) in [6, 6.07) is 13.3. The normalized spacial score (nSPS) is 18.0. The maximum Gasteiger partial charge on any atom is 0.266 e. The number of nitrogens with one attached hydrogen (secondary N) is 3. The lowest BCUT2D eigenvalue weighted by Gasteiger charge is -2.36. The van der Waals surface area contributed by atoms with Crippen molar-refractivity contribution in [2.45, 2.75) is 69.2 Å². The second kappa shape index (κ2) is 18.1. The number of hydrogen-bond acceptors (Lipinski definition) is 11. The number of ketones is 1. The Kier molecular flexibility index (Phi) is 14.2. The molecule has 1 aliphatic carbocycles. The minimum Gasteiger partial charge on any atom is -0.508 e. The summed E-state index contributed by atoms with van der Waals surface area (Å²) in [5, 5.41) is 13.8. The number of phenols is 1. The van der Waals surface area contributed by atoms with Gasteiger partial charge in [0.2, 0.25) is 11.7 Å². The number of amides is 3. The second-order valence-electron chi connectivity index (χ2n) is 12.2. The monoisotopic (exact) mass is 760 g/mol. The van der Waals surface area contributed by atoms with Crippen LogP contribution in [0.2, 0.25) is 0 Å². The smallest absolute Gasteiger partial charge is 0.266 e. The predicted molar refractivity (Wildman–Crippen MR) is 198 cm³/mol. The van der Waals surface area contributed by atoms with Crippen molar-refractivity contribution in [2.24, 2.45) is 0 Å². The van der Waals surface area contributed by atoms with Gasteiger partial charge in [-0.05, 0) is 67.0 Å². The van der Waals surface area contributed by atoms with Gasteiger partial charge in [-0.2, -0.15) is 8.42 Å². The summed E-state index contributed by atoms with van der Waals surface area (Å²) in [5.41, 5.74) is 0.148. The largest absolute Gasteiger partial charge is 0.508 e. The predicted octanol–water partition coefficient (Wildman–Crippen LogP) is 4.38. The molecule has 2 aromatic rings. The van der Waals surface area contributed by atoms with Crippen molar-refractivity contribution >= 4 is 63.0 Å². The molecule has 0 bridgehead atoms. The summed E-state index contributed by atoms with van der Waals surface area (Å²) in [7, 11) is -4.34. The summed E-state index contributed by atoms with van der Waals surface area (Å²) in [6.07, 6.45) is 7.95. The number of carbonyl (C=O) groups excluding carboxylic acids is 4. The Bertz CT molecular complexity index is 1740. The maximum absolute atomic E-state index is 14.6. The van der Waals surface area contributed by atoms with Crippen LogP contribution in [0.25, 0.3) is 0 Å². The number of para-hydroxylation sites is 1. The van der Waals surface area contributed by atoms with Gasteiger partial charge in [0.25, 0.3) is 21.9 Å². The number of nitrogens with zero attached hydrogens (tertiary/aromatic N) is 1.